The minimum atomic E-state index is -5.08. The monoisotopic (exact) mass is 444 g/mol. The molecule has 0 amide bonds. The van der Waals surface area contributed by atoms with E-state index in [9.17, 15) is 21.6 Å². The van der Waals surface area contributed by atoms with Gasteiger partial charge in [0.05, 0.1) is 12.9 Å². The van der Waals surface area contributed by atoms with Crippen molar-refractivity contribution in [2.45, 2.75) is 75.2 Å². The van der Waals surface area contributed by atoms with Crippen LogP contribution < -0.4 is 0 Å². The maximum absolute atomic E-state index is 12.4. The lowest BCUT2D eigenvalue weighted by Crippen LogP contribution is -2.57. The summed E-state index contributed by atoms with van der Waals surface area (Å²) in [6.45, 7) is 2.62. The maximum atomic E-state index is 12.4. The SMILES string of the molecule is COCC1CCC2(CCN(C3CCCC3)CC2)N1S(C)(=O)=O.O=C(O)C(F)(F)F. The fourth-order valence-electron chi connectivity index (χ4n) is 5.06. The second-order valence-electron chi connectivity index (χ2n) is 8.21. The van der Waals surface area contributed by atoms with Crippen molar-refractivity contribution < 1.29 is 36.2 Å². The van der Waals surface area contributed by atoms with Crippen LogP contribution in [0.5, 0.6) is 0 Å². The maximum Gasteiger partial charge on any atom is 0.490 e. The van der Waals surface area contributed by atoms with E-state index in [2.05, 4.69) is 4.90 Å². The molecule has 0 aromatic heterocycles. The van der Waals surface area contributed by atoms with Crippen LogP contribution in [-0.4, -0.2) is 85.6 Å². The smallest absolute Gasteiger partial charge is 0.475 e. The predicted molar refractivity (Wildman–Crippen MR) is 101 cm³/mol. The molecular weight excluding hydrogens is 413 g/mol. The van der Waals surface area contributed by atoms with Gasteiger partial charge in [0.25, 0.3) is 0 Å². The lowest BCUT2D eigenvalue weighted by molar-refractivity contribution is -0.192. The first-order chi connectivity index (χ1) is 13.4. The number of carboxylic acid groups (broad SMARTS) is 1. The summed E-state index contributed by atoms with van der Waals surface area (Å²) in [6.07, 6.45) is 5.55. The molecule has 1 N–H and O–H groups in total. The zero-order chi connectivity index (χ0) is 21.9. The zero-order valence-corrected chi connectivity index (χ0v) is 17.8. The predicted octanol–water partition coefficient (Wildman–Crippen LogP) is 2.47. The highest BCUT2D eigenvalue weighted by atomic mass is 32.2. The number of halogens is 3. The van der Waals surface area contributed by atoms with E-state index in [4.69, 9.17) is 14.6 Å². The van der Waals surface area contributed by atoms with Gasteiger partial charge in [0.2, 0.25) is 10.0 Å². The van der Waals surface area contributed by atoms with Gasteiger partial charge in [0.1, 0.15) is 0 Å². The second-order valence-corrected chi connectivity index (χ2v) is 10.1. The van der Waals surface area contributed by atoms with Gasteiger partial charge in [-0.3, -0.25) is 0 Å². The molecule has 170 valence electrons. The number of alkyl halides is 3. The standard InChI is InChI=1S/C16H30N2O3S.C2HF3O2/c1-21-13-15-7-8-16(18(15)22(2,19)20)9-11-17(12-10-16)14-5-3-4-6-14;3-2(4,5)1(6)7/h14-15H,3-13H2,1-2H3;(H,6,7). The van der Waals surface area contributed by atoms with Crippen molar-refractivity contribution in [1.82, 2.24) is 9.21 Å². The molecule has 3 rings (SSSR count). The van der Waals surface area contributed by atoms with Gasteiger partial charge in [-0.2, -0.15) is 17.5 Å². The highest BCUT2D eigenvalue weighted by Crippen LogP contribution is 2.44. The van der Waals surface area contributed by atoms with E-state index in [0.29, 0.717) is 6.61 Å². The van der Waals surface area contributed by atoms with Gasteiger partial charge in [-0.25, -0.2) is 13.2 Å². The van der Waals surface area contributed by atoms with Crippen molar-refractivity contribution in [1.29, 1.82) is 0 Å². The van der Waals surface area contributed by atoms with Crippen LogP contribution in [0.15, 0.2) is 0 Å². The summed E-state index contributed by atoms with van der Waals surface area (Å²) in [4.78, 5) is 11.5. The number of nitrogens with zero attached hydrogens (tertiary/aromatic N) is 2. The highest BCUT2D eigenvalue weighted by Gasteiger charge is 2.52. The summed E-state index contributed by atoms with van der Waals surface area (Å²) < 4.78 is 63.6. The summed E-state index contributed by atoms with van der Waals surface area (Å²) >= 11 is 0. The van der Waals surface area contributed by atoms with Gasteiger partial charge < -0.3 is 14.7 Å². The summed E-state index contributed by atoms with van der Waals surface area (Å²) in [5.74, 6) is -2.76. The van der Waals surface area contributed by atoms with Crippen LogP contribution in [0.25, 0.3) is 0 Å². The number of piperidine rings is 1. The fraction of sp³-hybridized carbons (Fsp3) is 0.944. The number of aliphatic carboxylic acids is 1. The van der Waals surface area contributed by atoms with Gasteiger partial charge in [-0.05, 0) is 38.5 Å². The van der Waals surface area contributed by atoms with Crippen LogP contribution in [0.1, 0.15) is 51.4 Å². The molecule has 0 radical (unpaired) electrons. The van der Waals surface area contributed by atoms with Crippen molar-refractivity contribution in [2.75, 3.05) is 33.1 Å². The Kier molecular flexibility index (Phi) is 7.97. The first-order valence-electron chi connectivity index (χ1n) is 9.93. The number of hydrogen-bond acceptors (Lipinski definition) is 5. The van der Waals surface area contributed by atoms with Gasteiger partial charge in [-0.1, -0.05) is 12.8 Å². The Bertz CT molecular complexity index is 657. The molecule has 11 heteroatoms. The molecule has 1 unspecified atom stereocenters. The van der Waals surface area contributed by atoms with Crippen molar-refractivity contribution in [3.63, 3.8) is 0 Å². The zero-order valence-electron chi connectivity index (χ0n) is 16.9. The molecule has 2 heterocycles. The van der Waals surface area contributed by atoms with E-state index in [1.165, 1.54) is 31.9 Å². The van der Waals surface area contributed by atoms with Crippen LogP contribution >= 0.6 is 0 Å². The Hall–Kier alpha value is -0.910. The van der Waals surface area contributed by atoms with E-state index in [1.54, 1.807) is 7.11 Å². The second kappa shape index (κ2) is 9.49. The molecule has 1 saturated carbocycles. The number of sulfonamides is 1. The van der Waals surface area contributed by atoms with E-state index in [1.807, 2.05) is 4.31 Å². The van der Waals surface area contributed by atoms with E-state index in [0.717, 1.165) is 44.8 Å². The van der Waals surface area contributed by atoms with Crippen LogP contribution in [0.4, 0.5) is 13.2 Å². The molecule has 0 aromatic rings. The molecule has 1 atom stereocenters. The van der Waals surface area contributed by atoms with E-state index < -0.39 is 22.2 Å². The van der Waals surface area contributed by atoms with Crippen LogP contribution in [0.2, 0.25) is 0 Å². The lowest BCUT2D eigenvalue weighted by atomic mass is 9.85. The minimum Gasteiger partial charge on any atom is -0.475 e. The number of carbonyl (C=O) groups is 1. The molecular formula is C18H31F3N2O5S. The Morgan fingerprint density at radius 1 is 1.14 bits per heavy atom. The summed E-state index contributed by atoms with van der Waals surface area (Å²) in [5.41, 5.74) is -0.147. The lowest BCUT2D eigenvalue weighted by Gasteiger charge is -2.46. The fourth-order valence-corrected chi connectivity index (χ4v) is 6.75. The third kappa shape index (κ3) is 6.05. The van der Waals surface area contributed by atoms with Gasteiger partial charge in [0.15, 0.2) is 0 Å². The average molecular weight is 445 g/mol. The first-order valence-corrected chi connectivity index (χ1v) is 11.8. The van der Waals surface area contributed by atoms with Crippen molar-refractivity contribution in [3.8, 4) is 0 Å². The van der Waals surface area contributed by atoms with Gasteiger partial charge in [0, 0.05) is 37.8 Å². The molecule has 2 saturated heterocycles. The number of carboxylic acids is 1. The third-order valence-corrected chi connectivity index (χ3v) is 7.67. The Balaban J connectivity index is 0.000000370. The molecule has 0 aromatic carbocycles. The van der Waals surface area contributed by atoms with E-state index in [-0.39, 0.29) is 11.6 Å². The van der Waals surface area contributed by atoms with Crippen LogP contribution in [0, 0.1) is 0 Å². The third-order valence-electron chi connectivity index (χ3n) is 6.27. The molecule has 3 aliphatic rings. The summed E-state index contributed by atoms with van der Waals surface area (Å²) in [5, 5.41) is 7.12. The molecule has 3 fully saturated rings. The normalized spacial score (nSPS) is 26.4. The molecule has 2 aliphatic heterocycles. The topological polar surface area (TPSA) is 87.2 Å². The Morgan fingerprint density at radius 2 is 1.66 bits per heavy atom. The first kappa shape index (κ1) is 24.4. The number of rotatable bonds is 4. The minimum absolute atomic E-state index is 0.0260. The van der Waals surface area contributed by atoms with Crippen molar-refractivity contribution in [3.05, 3.63) is 0 Å². The number of likely N-dealkylation sites (tertiary alicyclic amines) is 1. The molecule has 1 spiro atoms. The van der Waals surface area contributed by atoms with E-state index >= 15 is 0 Å². The number of hydrogen-bond donors (Lipinski definition) is 1. The highest BCUT2D eigenvalue weighted by molar-refractivity contribution is 7.88. The largest absolute Gasteiger partial charge is 0.490 e. The quantitative estimate of drug-likeness (QED) is 0.717. The Labute approximate surface area is 170 Å². The number of methoxy groups -OCH3 is 1. The molecule has 29 heavy (non-hydrogen) atoms. The summed E-state index contributed by atoms with van der Waals surface area (Å²) in [6, 6.07) is 0.776. The number of ether oxygens (including phenoxy) is 1. The molecule has 7 nitrogen and oxygen atoms in total. The van der Waals surface area contributed by atoms with Gasteiger partial charge >= 0.3 is 12.1 Å². The van der Waals surface area contributed by atoms with Crippen LogP contribution in [0.3, 0.4) is 0 Å². The molecule has 0 bridgehead atoms. The van der Waals surface area contributed by atoms with Crippen molar-refractivity contribution in [2.24, 2.45) is 0 Å². The summed E-state index contributed by atoms with van der Waals surface area (Å²) in [7, 11) is -1.52. The average Bonchev–Trinajstić information content (AvgIpc) is 3.24. The molecule has 1 aliphatic carbocycles. The Morgan fingerprint density at radius 3 is 2.07 bits per heavy atom. The van der Waals surface area contributed by atoms with Crippen LogP contribution in [-0.2, 0) is 19.6 Å². The van der Waals surface area contributed by atoms with Crippen molar-refractivity contribution >= 4 is 16.0 Å². The van der Waals surface area contributed by atoms with Gasteiger partial charge in [-0.15, -0.1) is 0 Å².